The molecule has 3 N–H and O–H groups in total. The number of carbonyl (C=O) groups is 1. The van der Waals surface area contributed by atoms with Crippen LogP contribution in [-0.2, 0) is 14.8 Å². The Hall–Kier alpha value is -0.500. The van der Waals surface area contributed by atoms with Crippen LogP contribution in [0.1, 0.15) is 2.85 Å². The summed E-state index contributed by atoms with van der Waals surface area (Å²) in [6, 6.07) is 5.43. The first kappa shape index (κ1) is 15.5. The smallest absolute Gasteiger partial charge is 1.00 e. The molecule has 0 heterocycles. The largest absolute Gasteiger partial charge is 2.00 e. The minimum absolute atomic E-state index is 0. The summed E-state index contributed by atoms with van der Waals surface area (Å²) in [6.45, 7) is 0. The molecule has 0 fully saturated rings. The molecule has 0 saturated carbocycles. The van der Waals surface area contributed by atoms with Crippen molar-refractivity contribution in [2.24, 2.45) is 0 Å². The van der Waals surface area contributed by atoms with E-state index in [1.165, 1.54) is 24.3 Å². The fourth-order valence-corrected chi connectivity index (χ4v) is 1.77. The number of rotatable bonds is 2. The zero-order chi connectivity index (χ0) is 11.5. The number of nitrogens with one attached hydrogen (secondary N) is 1. The third kappa shape index (κ3) is 4.17. The van der Waals surface area contributed by atoms with Crippen LogP contribution in [0.4, 0.5) is 10.5 Å². The van der Waals surface area contributed by atoms with Crippen LogP contribution in [0.25, 0.3) is 0 Å². The summed E-state index contributed by atoms with van der Waals surface area (Å²) in [7, 11) is -2.79. The monoisotopic (exact) mass is 272 g/mol. The molecule has 0 saturated heterocycles. The van der Waals surface area contributed by atoms with Crippen molar-refractivity contribution in [1.82, 2.24) is 4.72 Å². The minimum atomic E-state index is -3.87. The van der Waals surface area contributed by atoms with Gasteiger partial charge >= 0.3 is 43.8 Å². The van der Waals surface area contributed by atoms with Crippen molar-refractivity contribution in [1.29, 1.82) is 0 Å². The van der Waals surface area contributed by atoms with Crippen LogP contribution in [0.5, 0.6) is 0 Å². The van der Waals surface area contributed by atoms with Crippen LogP contribution in [-0.4, -0.2) is 59.4 Å². The Morgan fingerprint density at radius 2 is 1.88 bits per heavy atom. The molecular weight excluding hydrogens is 260 g/mol. The molecule has 1 amide bonds. The molecule has 0 unspecified atom stereocenters. The van der Waals surface area contributed by atoms with Gasteiger partial charge in [0.25, 0.3) is 10.0 Å². The molecule has 6 nitrogen and oxygen atoms in total. The van der Waals surface area contributed by atoms with Crippen molar-refractivity contribution >= 4 is 59.5 Å². The number of carbonyl (C=O) groups excluding carboxylic acids is 1. The Labute approximate surface area is 126 Å². The first-order chi connectivity index (χ1) is 6.95. The molecule has 16 heavy (non-hydrogen) atoms. The minimum Gasteiger partial charge on any atom is -1.00 e. The van der Waals surface area contributed by atoms with Gasteiger partial charge in [0.1, 0.15) is 0 Å². The van der Waals surface area contributed by atoms with E-state index in [2.05, 4.69) is 4.74 Å². The summed E-state index contributed by atoms with van der Waals surface area (Å²) in [6.07, 6.45) is -1.04. The van der Waals surface area contributed by atoms with E-state index in [4.69, 9.17) is 5.73 Å². The summed E-state index contributed by atoms with van der Waals surface area (Å²) in [5.41, 5.74) is 5.83. The summed E-state index contributed by atoms with van der Waals surface area (Å²) < 4.78 is 28.8. The molecule has 0 spiro atoms. The number of hydrogen-bond donors (Lipinski definition) is 2. The van der Waals surface area contributed by atoms with Crippen molar-refractivity contribution in [3.63, 3.8) is 0 Å². The van der Waals surface area contributed by atoms with Crippen LogP contribution < -0.4 is 10.5 Å². The predicted octanol–water partition coefficient (Wildman–Crippen LogP) is 0.158. The van der Waals surface area contributed by atoms with Crippen LogP contribution >= 0.6 is 0 Å². The number of methoxy groups -OCH3 is 1. The van der Waals surface area contributed by atoms with Gasteiger partial charge in [-0.1, -0.05) is 0 Å². The molecule has 0 aliphatic carbocycles. The molecule has 0 aliphatic rings. The van der Waals surface area contributed by atoms with Crippen LogP contribution in [0.15, 0.2) is 29.2 Å². The molecule has 0 aromatic heterocycles. The van der Waals surface area contributed by atoms with E-state index in [9.17, 15) is 13.2 Å². The molecule has 0 bridgehead atoms. The Bertz CT molecular complexity index is 466. The summed E-state index contributed by atoms with van der Waals surface area (Å²) in [5.74, 6) is 0. The number of ether oxygens (including phenoxy) is 1. The van der Waals surface area contributed by atoms with Crippen molar-refractivity contribution in [2.45, 2.75) is 4.90 Å². The van der Waals surface area contributed by atoms with Gasteiger partial charge < -0.3 is 13.3 Å². The maximum Gasteiger partial charge on any atom is 2.00 e. The average Bonchev–Trinajstić information content (AvgIpc) is 2.17. The van der Waals surface area contributed by atoms with Gasteiger partial charge in [-0.05, 0) is 24.3 Å². The van der Waals surface area contributed by atoms with E-state index in [-0.39, 0.29) is 45.5 Å². The number of benzene rings is 1. The molecule has 86 valence electrons. The fraction of sp³-hybridized carbons (Fsp3) is 0.125. The zero-order valence-electron chi connectivity index (χ0n) is 10.6. The van der Waals surface area contributed by atoms with E-state index in [1.807, 2.05) is 0 Å². The second-order valence-corrected chi connectivity index (χ2v) is 4.35. The van der Waals surface area contributed by atoms with Gasteiger partial charge in [0.2, 0.25) is 0 Å². The second-order valence-electron chi connectivity index (χ2n) is 2.67. The standard InChI is InChI=1S/C8H10N2O4S.Ca.2H/c1-14-8(11)10-15(12,13)7-4-2-6(9)3-5-7;;;/h2-5H,9H2,1H3,(H,10,11);;;/q;+2;2*-1. The maximum atomic E-state index is 11.5. The molecule has 0 radical (unpaired) electrons. The Morgan fingerprint density at radius 3 is 2.31 bits per heavy atom. The van der Waals surface area contributed by atoms with E-state index in [0.29, 0.717) is 5.69 Å². The predicted molar refractivity (Wildman–Crippen MR) is 61.6 cm³/mol. The number of nitrogens with two attached hydrogens (primary N) is 1. The van der Waals surface area contributed by atoms with Gasteiger partial charge in [0.05, 0.1) is 12.0 Å². The van der Waals surface area contributed by atoms with Crippen molar-refractivity contribution < 1.29 is 20.8 Å². The van der Waals surface area contributed by atoms with E-state index in [1.54, 1.807) is 4.72 Å². The van der Waals surface area contributed by atoms with Gasteiger partial charge in [-0.25, -0.2) is 17.9 Å². The normalized spacial score (nSPS) is 10.1. The maximum absolute atomic E-state index is 11.5. The quantitative estimate of drug-likeness (QED) is 0.590. The first-order valence-corrected chi connectivity index (χ1v) is 5.40. The molecule has 1 aromatic rings. The van der Waals surface area contributed by atoms with E-state index in [0.717, 1.165) is 7.11 Å². The molecule has 8 heteroatoms. The van der Waals surface area contributed by atoms with Crippen molar-refractivity contribution in [2.75, 3.05) is 12.8 Å². The molecule has 0 atom stereocenters. The Kier molecular flexibility index (Phi) is 6.09. The topological polar surface area (TPSA) is 98.5 Å². The van der Waals surface area contributed by atoms with E-state index >= 15 is 0 Å². The SMILES string of the molecule is COC(=O)NS(=O)(=O)c1ccc(N)cc1.[Ca+2].[H-].[H-]. The van der Waals surface area contributed by atoms with Gasteiger partial charge in [0.15, 0.2) is 0 Å². The van der Waals surface area contributed by atoms with Crippen LogP contribution in [0, 0.1) is 0 Å². The fourth-order valence-electron chi connectivity index (χ4n) is 0.857. The van der Waals surface area contributed by atoms with Gasteiger partial charge in [0, 0.05) is 5.69 Å². The first-order valence-electron chi connectivity index (χ1n) is 3.92. The third-order valence-corrected chi connectivity index (χ3v) is 2.92. The molecule has 0 aliphatic heterocycles. The zero-order valence-corrected chi connectivity index (χ0v) is 11.7. The average molecular weight is 272 g/mol. The van der Waals surface area contributed by atoms with Crippen molar-refractivity contribution in [3.05, 3.63) is 24.3 Å². The van der Waals surface area contributed by atoms with Crippen LogP contribution in [0.2, 0.25) is 0 Å². The number of sulfonamides is 1. The summed E-state index contributed by atoms with van der Waals surface area (Å²) in [4.78, 5) is 10.7. The third-order valence-electron chi connectivity index (χ3n) is 1.59. The number of nitrogen functional groups attached to an aromatic ring is 1. The second kappa shape index (κ2) is 6.29. The number of anilines is 1. The van der Waals surface area contributed by atoms with Crippen molar-refractivity contribution in [3.8, 4) is 0 Å². The number of amides is 1. The van der Waals surface area contributed by atoms with Gasteiger partial charge in [-0.2, -0.15) is 0 Å². The molecular formula is C8H12CaN2O4S. The molecule has 1 aromatic carbocycles. The van der Waals surface area contributed by atoms with E-state index < -0.39 is 16.1 Å². The summed E-state index contributed by atoms with van der Waals surface area (Å²) in [5, 5.41) is 0. The van der Waals surface area contributed by atoms with Crippen LogP contribution in [0.3, 0.4) is 0 Å². The van der Waals surface area contributed by atoms with Gasteiger partial charge in [-0.3, -0.25) is 0 Å². The summed E-state index contributed by atoms with van der Waals surface area (Å²) >= 11 is 0. The molecule has 1 rings (SSSR count). The number of hydrogen-bond acceptors (Lipinski definition) is 5. The Balaban J connectivity index is -0.000000750. The van der Waals surface area contributed by atoms with Gasteiger partial charge in [-0.15, -0.1) is 0 Å². The Morgan fingerprint density at radius 1 is 1.38 bits per heavy atom.